The summed E-state index contributed by atoms with van der Waals surface area (Å²) in [5.41, 5.74) is -1.50. The van der Waals surface area contributed by atoms with E-state index in [-0.39, 0.29) is 36.4 Å². The van der Waals surface area contributed by atoms with Crippen molar-refractivity contribution in [2.75, 3.05) is 6.61 Å². The van der Waals surface area contributed by atoms with Gasteiger partial charge in [0.2, 0.25) is 0 Å². The Morgan fingerprint density at radius 2 is 2.08 bits per heavy atom. The van der Waals surface area contributed by atoms with Gasteiger partial charge in [-0.2, -0.15) is 0 Å². The van der Waals surface area contributed by atoms with E-state index >= 15 is 0 Å². The first-order valence-electron chi connectivity index (χ1n) is 10.8. The van der Waals surface area contributed by atoms with Crippen molar-refractivity contribution >= 4 is 5.91 Å². The van der Waals surface area contributed by atoms with Crippen LogP contribution in [0.3, 0.4) is 0 Å². The molecule has 0 fully saturated rings. The van der Waals surface area contributed by atoms with Crippen molar-refractivity contribution in [3.8, 4) is 11.5 Å². The number of pyridine rings is 2. The number of hydrogen-bond acceptors (Lipinski definition) is 6. The average Bonchev–Trinajstić information content (AvgIpc) is 2.81. The predicted octanol–water partition coefficient (Wildman–Crippen LogP) is 3.12. The van der Waals surface area contributed by atoms with Crippen LogP contribution >= 0.6 is 0 Å². The van der Waals surface area contributed by atoms with Crippen molar-refractivity contribution in [1.29, 1.82) is 0 Å². The molecule has 2 aromatic heterocycles. The van der Waals surface area contributed by atoms with E-state index in [0.29, 0.717) is 5.75 Å². The van der Waals surface area contributed by atoms with Crippen LogP contribution in [0.15, 0.2) is 59.7 Å². The van der Waals surface area contributed by atoms with E-state index in [2.05, 4.69) is 15.0 Å². The van der Waals surface area contributed by atoms with Gasteiger partial charge in [-0.25, -0.2) is 4.39 Å². The molecule has 0 aliphatic carbocycles. The maximum atomic E-state index is 14.7. The molecule has 2 N–H and O–H groups in total. The van der Waals surface area contributed by atoms with Crippen LogP contribution in [0.5, 0.6) is 11.5 Å². The van der Waals surface area contributed by atoms with E-state index < -0.39 is 41.0 Å². The number of alkyl halides is 3. The second-order valence-electron chi connectivity index (χ2n) is 8.26. The van der Waals surface area contributed by atoms with Gasteiger partial charge in [-0.05, 0) is 42.8 Å². The lowest BCUT2D eigenvalue weighted by Gasteiger charge is -2.39. The Bertz CT molecular complexity index is 1340. The fraction of sp³-hybridized carbons (Fsp3) is 0.292. The van der Waals surface area contributed by atoms with Gasteiger partial charge in [0.25, 0.3) is 11.5 Å². The standard InChI is InChI=1S/C24H21F4N3O5/c1-14(32)12-31-13-15(4-7-20(31)33)22(34)30-23(8-10-35-19-3-2-9-29-21(19)23)16-5-6-18(17(25)11-16)36-24(26,27)28/h2-7,9,11,13-14,32H,8,10,12H2,1H3,(H,30,34). The minimum Gasteiger partial charge on any atom is -0.491 e. The summed E-state index contributed by atoms with van der Waals surface area (Å²) in [5.74, 6) is -2.66. The molecule has 0 saturated heterocycles. The van der Waals surface area contributed by atoms with Gasteiger partial charge in [0.05, 0.1) is 24.8 Å². The van der Waals surface area contributed by atoms with Crippen LogP contribution in [0.25, 0.3) is 0 Å². The lowest BCUT2D eigenvalue weighted by molar-refractivity contribution is -0.275. The number of benzene rings is 1. The Balaban J connectivity index is 1.79. The van der Waals surface area contributed by atoms with Crippen LogP contribution in [0, 0.1) is 5.82 Å². The van der Waals surface area contributed by atoms with E-state index in [1.807, 2.05) is 0 Å². The second-order valence-corrected chi connectivity index (χ2v) is 8.26. The maximum Gasteiger partial charge on any atom is 0.573 e. The van der Waals surface area contributed by atoms with Gasteiger partial charge in [0.1, 0.15) is 17.0 Å². The van der Waals surface area contributed by atoms with E-state index in [4.69, 9.17) is 4.74 Å². The normalized spacial score (nSPS) is 18.1. The highest BCUT2D eigenvalue weighted by molar-refractivity contribution is 5.95. The lowest BCUT2D eigenvalue weighted by atomic mass is 9.81. The fourth-order valence-electron chi connectivity index (χ4n) is 4.07. The quantitative estimate of drug-likeness (QED) is 0.497. The van der Waals surface area contributed by atoms with Crippen molar-refractivity contribution in [2.24, 2.45) is 0 Å². The number of carbonyl (C=O) groups excluding carboxylic acids is 1. The maximum absolute atomic E-state index is 14.7. The summed E-state index contributed by atoms with van der Waals surface area (Å²) in [5, 5.41) is 12.5. The van der Waals surface area contributed by atoms with Crippen LogP contribution in [0.4, 0.5) is 17.6 Å². The smallest absolute Gasteiger partial charge is 0.491 e. The first-order valence-corrected chi connectivity index (χ1v) is 10.8. The number of rotatable bonds is 6. The third kappa shape index (κ3) is 5.18. The average molecular weight is 507 g/mol. The summed E-state index contributed by atoms with van der Waals surface area (Å²) in [7, 11) is 0. The molecule has 2 atom stereocenters. The Morgan fingerprint density at radius 3 is 2.78 bits per heavy atom. The third-order valence-electron chi connectivity index (χ3n) is 5.59. The number of hydrogen-bond donors (Lipinski definition) is 2. The van der Waals surface area contributed by atoms with E-state index in [9.17, 15) is 32.3 Å². The molecule has 12 heteroatoms. The van der Waals surface area contributed by atoms with Crippen LogP contribution in [-0.2, 0) is 12.1 Å². The van der Waals surface area contributed by atoms with Crippen molar-refractivity contribution in [2.45, 2.75) is 37.9 Å². The third-order valence-corrected chi connectivity index (χ3v) is 5.59. The highest BCUT2D eigenvalue weighted by atomic mass is 19.4. The summed E-state index contributed by atoms with van der Waals surface area (Å²) in [6.45, 7) is 1.53. The molecular formula is C24H21F4N3O5. The van der Waals surface area contributed by atoms with Crippen LogP contribution in [-0.4, -0.2) is 39.6 Å². The Morgan fingerprint density at radius 1 is 1.31 bits per heavy atom. The highest BCUT2D eigenvalue weighted by Gasteiger charge is 2.43. The van der Waals surface area contributed by atoms with Gasteiger partial charge in [-0.3, -0.25) is 14.6 Å². The molecule has 0 spiro atoms. The molecule has 3 aromatic rings. The SMILES string of the molecule is CC(O)Cn1cc(C(=O)NC2(c3ccc(OC(F)(F)F)c(F)c3)CCOc3cccnc32)ccc1=O. The number of nitrogens with one attached hydrogen (secondary N) is 1. The number of amides is 1. The molecule has 1 amide bonds. The van der Waals surface area contributed by atoms with Gasteiger partial charge in [-0.15, -0.1) is 13.2 Å². The topological polar surface area (TPSA) is 103 Å². The molecule has 1 aliphatic rings. The fourth-order valence-corrected chi connectivity index (χ4v) is 4.07. The molecule has 36 heavy (non-hydrogen) atoms. The zero-order valence-electron chi connectivity index (χ0n) is 18.9. The summed E-state index contributed by atoms with van der Waals surface area (Å²) >= 11 is 0. The molecule has 1 aliphatic heterocycles. The molecule has 0 saturated carbocycles. The zero-order chi connectivity index (χ0) is 26.1. The Labute approximate surface area is 202 Å². The molecular weight excluding hydrogens is 486 g/mol. The number of aromatic nitrogens is 2. The van der Waals surface area contributed by atoms with Crippen molar-refractivity contribution in [3.63, 3.8) is 0 Å². The highest BCUT2D eigenvalue weighted by Crippen LogP contribution is 2.42. The molecule has 0 radical (unpaired) electrons. The Kier molecular flexibility index (Phi) is 6.72. The largest absolute Gasteiger partial charge is 0.573 e. The van der Waals surface area contributed by atoms with E-state index in [0.717, 1.165) is 12.1 Å². The van der Waals surface area contributed by atoms with Gasteiger partial charge in [0.15, 0.2) is 11.6 Å². The van der Waals surface area contributed by atoms with Gasteiger partial charge < -0.3 is 24.5 Å². The molecule has 0 bridgehead atoms. The van der Waals surface area contributed by atoms with Crippen molar-refractivity contribution < 1.29 is 36.9 Å². The minimum atomic E-state index is -5.09. The van der Waals surface area contributed by atoms with Crippen molar-refractivity contribution in [3.05, 3.63) is 87.9 Å². The Hall–Kier alpha value is -3.93. The summed E-state index contributed by atoms with van der Waals surface area (Å²) < 4.78 is 63.2. The predicted molar refractivity (Wildman–Crippen MR) is 118 cm³/mol. The molecule has 2 unspecified atom stereocenters. The zero-order valence-corrected chi connectivity index (χ0v) is 18.9. The van der Waals surface area contributed by atoms with Gasteiger partial charge >= 0.3 is 6.36 Å². The summed E-state index contributed by atoms with van der Waals surface area (Å²) in [6.07, 6.45) is -3.14. The molecule has 8 nitrogen and oxygen atoms in total. The number of aliphatic hydroxyl groups excluding tert-OH is 1. The monoisotopic (exact) mass is 507 g/mol. The second kappa shape index (κ2) is 9.61. The number of aliphatic hydroxyl groups is 1. The van der Waals surface area contributed by atoms with E-state index in [1.54, 1.807) is 12.1 Å². The first kappa shape index (κ1) is 25.2. The van der Waals surface area contributed by atoms with E-state index in [1.165, 1.54) is 42.1 Å². The minimum absolute atomic E-state index is 0.0464. The van der Waals surface area contributed by atoms with Crippen LogP contribution < -0.4 is 20.3 Å². The number of halogens is 4. The number of carbonyl (C=O) groups is 1. The van der Waals surface area contributed by atoms with Crippen LogP contribution in [0.1, 0.15) is 35.0 Å². The number of fused-ring (bicyclic) bond motifs is 1. The number of ether oxygens (including phenoxy) is 2. The summed E-state index contributed by atoms with van der Waals surface area (Å²) in [4.78, 5) is 29.8. The van der Waals surface area contributed by atoms with Crippen LogP contribution in [0.2, 0.25) is 0 Å². The molecule has 4 rings (SSSR count). The number of nitrogens with zero attached hydrogens (tertiary/aromatic N) is 2. The molecule has 1 aromatic carbocycles. The molecule has 190 valence electrons. The lowest BCUT2D eigenvalue weighted by Crippen LogP contribution is -2.50. The summed E-state index contributed by atoms with van der Waals surface area (Å²) in [6, 6.07) is 8.55. The van der Waals surface area contributed by atoms with Crippen molar-refractivity contribution in [1.82, 2.24) is 14.9 Å². The van der Waals surface area contributed by atoms with Gasteiger partial charge in [-0.1, -0.05) is 6.07 Å². The van der Waals surface area contributed by atoms with Gasteiger partial charge in [0, 0.05) is 24.9 Å². The molecule has 3 heterocycles. The first-order chi connectivity index (χ1) is 17.0.